The zero-order valence-corrected chi connectivity index (χ0v) is 10.3. The highest BCUT2D eigenvalue weighted by Crippen LogP contribution is 2.44. The monoisotopic (exact) mass is 277 g/mol. The Hall–Kier alpha value is -2.70. The van der Waals surface area contributed by atoms with Crippen LogP contribution in [0.5, 0.6) is 17.2 Å². The normalized spacial score (nSPS) is 13.8. The number of nitrogens with zero attached hydrogens (tertiary/aromatic N) is 1. The fraction of sp³-hybridized carbons (Fsp3) is 0.231. The molecule has 104 valence electrons. The summed E-state index contributed by atoms with van der Waals surface area (Å²) >= 11 is 0. The molecule has 2 heterocycles. The van der Waals surface area contributed by atoms with Crippen molar-refractivity contribution < 1.29 is 29.0 Å². The van der Waals surface area contributed by atoms with Crippen molar-refractivity contribution >= 4 is 5.97 Å². The van der Waals surface area contributed by atoms with Gasteiger partial charge in [0.25, 0.3) is 0 Å². The van der Waals surface area contributed by atoms with Crippen molar-refractivity contribution in [3.8, 4) is 28.6 Å². The van der Waals surface area contributed by atoms with Crippen molar-refractivity contribution in [3.05, 3.63) is 23.9 Å². The van der Waals surface area contributed by atoms with Crippen molar-refractivity contribution in [1.29, 1.82) is 0 Å². The van der Waals surface area contributed by atoms with Gasteiger partial charge in [0.05, 0.1) is 18.8 Å². The van der Waals surface area contributed by atoms with Gasteiger partial charge in [-0.1, -0.05) is 5.16 Å². The molecule has 0 fully saturated rings. The number of aromatic carboxylic acids is 1. The largest absolute Gasteiger partial charge is 0.504 e. The van der Waals surface area contributed by atoms with Crippen molar-refractivity contribution in [2.75, 3.05) is 13.2 Å². The topological polar surface area (TPSA) is 102 Å². The van der Waals surface area contributed by atoms with Gasteiger partial charge in [0.2, 0.25) is 5.75 Å². The molecule has 20 heavy (non-hydrogen) atoms. The molecule has 0 radical (unpaired) electrons. The van der Waals surface area contributed by atoms with Gasteiger partial charge >= 0.3 is 5.97 Å². The molecule has 1 aromatic heterocycles. The van der Waals surface area contributed by atoms with Crippen molar-refractivity contribution in [1.82, 2.24) is 5.16 Å². The number of benzene rings is 1. The Morgan fingerprint density at radius 3 is 2.80 bits per heavy atom. The number of fused-ring (bicyclic) bond motifs is 1. The SMILES string of the molecule is O=C(O)c1cc(-c2ccc3c(c2O)OCCCO3)on1. The van der Waals surface area contributed by atoms with Crippen LogP contribution in [0.2, 0.25) is 0 Å². The van der Waals surface area contributed by atoms with Gasteiger partial charge < -0.3 is 24.2 Å². The van der Waals surface area contributed by atoms with Crippen molar-refractivity contribution in [2.45, 2.75) is 6.42 Å². The molecule has 0 saturated heterocycles. The first-order valence-corrected chi connectivity index (χ1v) is 5.99. The molecule has 7 heteroatoms. The highest BCUT2D eigenvalue weighted by atomic mass is 16.5. The molecule has 0 saturated carbocycles. The zero-order chi connectivity index (χ0) is 14.1. The maximum Gasteiger partial charge on any atom is 0.358 e. The van der Waals surface area contributed by atoms with Gasteiger partial charge in [-0.2, -0.15) is 0 Å². The third kappa shape index (κ3) is 2.03. The number of ether oxygens (including phenoxy) is 2. The number of hydrogen-bond donors (Lipinski definition) is 2. The molecule has 7 nitrogen and oxygen atoms in total. The maximum absolute atomic E-state index is 10.8. The average Bonchev–Trinajstić information content (AvgIpc) is 2.78. The molecule has 0 bridgehead atoms. The molecule has 2 aromatic rings. The second-order valence-electron chi connectivity index (χ2n) is 4.22. The highest BCUT2D eigenvalue weighted by Gasteiger charge is 2.22. The summed E-state index contributed by atoms with van der Waals surface area (Å²) in [4.78, 5) is 10.8. The summed E-state index contributed by atoms with van der Waals surface area (Å²) in [5.74, 6) is -0.531. The van der Waals surface area contributed by atoms with Crippen LogP contribution in [0.15, 0.2) is 22.7 Å². The summed E-state index contributed by atoms with van der Waals surface area (Å²) < 4.78 is 15.8. The number of aromatic nitrogens is 1. The third-order valence-corrected chi connectivity index (χ3v) is 2.88. The summed E-state index contributed by atoms with van der Waals surface area (Å²) in [7, 11) is 0. The van der Waals surface area contributed by atoms with E-state index in [0.29, 0.717) is 24.5 Å². The minimum absolute atomic E-state index is 0.149. The summed E-state index contributed by atoms with van der Waals surface area (Å²) in [6, 6.07) is 4.44. The molecule has 0 aliphatic carbocycles. The van der Waals surface area contributed by atoms with E-state index in [1.54, 1.807) is 12.1 Å². The molecular weight excluding hydrogens is 266 g/mol. The predicted molar refractivity (Wildman–Crippen MR) is 66.2 cm³/mol. The quantitative estimate of drug-likeness (QED) is 0.864. The van der Waals surface area contributed by atoms with E-state index in [-0.39, 0.29) is 23.0 Å². The maximum atomic E-state index is 10.8. The lowest BCUT2D eigenvalue weighted by Gasteiger charge is -2.10. The Labute approximate surface area is 113 Å². The Balaban J connectivity index is 2.05. The molecule has 0 amide bonds. The molecular formula is C13H11NO6. The number of phenolic OH excluding ortho intramolecular Hbond substituents is 1. The Morgan fingerprint density at radius 1 is 1.25 bits per heavy atom. The Kier molecular flexibility index (Phi) is 2.94. The Bertz CT molecular complexity index is 663. The predicted octanol–water partition coefficient (Wildman–Crippen LogP) is 1.91. The summed E-state index contributed by atoms with van der Waals surface area (Å²) in [5.41, 5.74) is 0.0701. The van der Waals surface area contributed by atoms with Gasteiger partial charge in [-0.25, -0.2) is 4.79 Å². The van der Waals surface area contributed by atoms with Gasteiger partial charge in [0.15, 0.2) is 23.0 Å². The van der Waals surface area contributed by atoms with Crippen LogP contribution in [0.25, 0.3) is 11.3 Å². The Morgan fingerprint density at radius 2 is 2.05 bits per heavy atom. The molecule has 3 rings (SSSR count). The standard InChI is InChI=1S/C13H11NO6/c15-11-7(10-6-8(13(16)17)14-20-10)2-3-9-12(11)19-5-1-4-18-9/h2-3,6,15H,1,4-5H2,(H,16,17). The number of rotatable bonds is 2. The van der Waals surface area contributed by atoms with Gasteiger partial charge in [0, 0.05) is 12.5 Å². The van der Waals surface area contributed by atoms with Gasteiger partial charge in [-0.05, 0) is 12.1 Å². The lowest BCUT2D eigenvalue weighted by molar-refractivity contribution is 0.0686. The second kappa shape index (κ2) is 4.76. The van der Waals surface area contributed by atoms with E-state index in [4.69, 9.17) is 19.1 Å². The van der Waals surface area contributed by atoms with E-state index in [9.17, 15) is 9.90 Å². The molecule has 1 aliphatic heterocycles. The number of carbonyl (C=O) groups is 1. The molecule has 2 N–H and O–H groups in total. The first-order valence-electron chi connectivity index (χ1n) is 5.99. The smallest absolute Gasteiger partial charge is 0.358 e. The van der Waals surface area contributed by atoms with Crippen LogP contribution < -0.4 is 9.47 Å². The van der Waals surface area contributed by atoms with Crippen LogP contribution in [0.4, 0.5) is 0 Å². The van der Waals surface area contributed by atoms with Crippen LogP contribution in [0, 0.1) is 0 Å². The number of aromatic hydroxyl groups is 1. The van der Waals surface area contributed by atoms with E-state index >= 15 is 0 Å². The van der Waals surface area contributed by atoms with Crippen LogP contribution in [-0.2, 0) is 0 Å². The third-order valence-electron chi connectivity index (χ3n) is 2.88. The van der Waals surface area contributed by atoms with Crippen LogP contribution in [-0.4, -0.2) is 34.6 Å². The molecule has 0 spiro atoms. The number of hydrogen-bond acceptors (Lipinski definition) is 6. The van der Waals surface area contributed by atoms with E-state index in [0.717, 1.165) is 6.42 Å². The van der Waals surface area contributed by atoms with Gasteiger partial charge in [-0.3, -0.25) is 0 Å². The molecule has 1 aromatic carbocycles. The molecule has 0 atom stereocenters. The zero-order valence-electron chi connectivity index (χ0n) is 10.3. The van der Waals surface area contributed by atoms with Crippen molar-refractivity contribution in [2.24, 2.45) is 0 Å². The first-order chi connectivity index (χ1) is 9.66. The van der Waals surface area contributed by atoms with Crippen LogP contribution in [0.3, 0.4) is 0 Å². The summed E-state index contributed by atoms with van der Waals surface area (Å²) in [5, 5.41) is 22.4. The van der Waals surface area contributed by atoms with E-state index in [2.05, 4.69) is 5.16 Å². The highest BCUT2D eigenvalue weighted by molar-refractivity contribution is 5.87. The number of carboxylic acid groups (broad SMARTS) is 1. The average molecular weight is 277 g/mol. The number of phenols is 1. The van der Waals surface area contributed by atoms with Crippen LogP contribution in [0.1, 0.15) is 16.9 Å². The lowest BCUT2D eigenvalue weighted by Crippen LogP contribution is -1.97. The minimum atomic E-state index is -1.20. The van der Waals surface area contributed by atoms with E-state index < -0.39 is 5.97 Å². The van der Waals surface area contributed by atoms with Crippen LogP contribution >= 0.6 is 0 Å². The van der Waals surface area contributed by atoms with Gasteiger partial charge in [-0.15, -0.1) is 0 Å². The lowest BCUT2D eigenvalue weighted by atomic mass is 10.1. The van der Waals surface area contributed by atoms with Crippen molar-refractivity contribution in [3.63, 3.8) is 0 Å². The molecule has 1 aliphatic rings. The van der Waals surface area contributed by atoms with Gasteiger partial charge in [0.1, 0.15) is 0 Å². The summed E-state index contributed by atoms with van der Waals surface area (Å²) in [6.45, 7) is 0.943. The number of carboxylic acids is 1. The molecule has 0 unspecified atom stereocenters. The van der Waals surface area contributed by atoms with E-state index in [1.165, 1.54) is 6.07 Å². The first kappa shape index (κ1) is 12.3. The fourth-order valence-corrected chi connectivity index (χ4v) is 1.92. The summed E-state index contributed by atoms with van der Waals surface area (Å²) in [6.07, 6.45) is 0.717. The minimum Gasteiger partial charge on any atom is -0.504 e. The fourth-order valence-electron chi connectivity index (χ4n) is 1.92. The van der Waals surface area contributed by atoms with E-state index in [1.807, 2.05) is 0 Å². The second-order valence-corrected chi connectivity index (χ2v) is 4.22.